The van der Waals surface area contributed by atoms with Crippen molar-refractivity contribution in [2.75, 3.05) is 26.3 Å². The van der Waals surface area contributed by atoms with Crippen molar-refractivity contribution >= 4 is 11.7 Å². The van der Waals surface area contributed by atoms with Gasteiger partial charge < -0.3 is 19.8 Å². The van der Waals surface area contributed by atoms with E-state index in [0.717, 1.165) is 6.20 Å². The Hall–Kier alpha value is -1.96. The lowest BCUT2D eigenvalue weighted by Crippen LogP contribution is -2.41. The highest BCUT2D eigenvalue weighted by Crippen LogP contribution is 2.09. The van der Waals surface area contributed by atoms with Gasteiger partial charge >= 0.3 is 11.7 Å². The minimum absolute atomic E-state index is 0.00593. The number of ether oxygens (including phenoxy) is 1. The number of hydrogen-bond donors (Lipinski definition) is 1. The van der Waals surface area contributed by atoms with Crippen molar-refractivity contribution in [2.24, 2.45) is 0 Å². The Labute approximate surface area is 90.4 Å². The van der Waals surface area contributed by atoms with Crippen molar-refractivity contribution in [3.05, 3.63) is 22.1 Å². The molecular weight excluding hydrogens is 216 g/mol. The summed E-state index contributed by atoms with van der Waals surface area (Å²) in [4.78, 5) is 29.2. The number of rotatable bonds is 2. The average molecular weight is 226 g/mol. The van der Waals surface area contributed by atoms with Crippen LogP contribution in [0.5, 0.6) is 0 Å². The summed E-state index contributed by atoms with van der Waals surface area (Å²) in [5.41, 5.74) is 0. The molecule has 0 saturated carbocycles. The van der Waals surface area contributed by atoms with Gasteiger partial charge in [-0.25, -0.2) is 9.97 Å². The van der Waals surface area contributed by atoms with Gasteiger partial charge in [-0.2, -0.15) is 0 Å². The molecule has 8 nitrogen and oxygen atoms in total. The third kappa shape index (κ3) is 2.01. The molecule has 0 radical (unpaired) electrons. The van der Waals surface area contributed by atoms with Crippen molar-refractivity contribution in [3.63, 3.8) is 0 Å². The summed E-state index contributed by atoms with van der Waals surface area (Å²) in [6.07, 6.45) is 1.04. The molecule has 1 aliphatic rings. The number of carbonyl (C=O) groups is 1. The molecule has 0 spiro atoms. The minimum Gasteiger partial charge on any atom is -0.378 e. The molecule has 1 aromatic heterocycles. The number of aromatic nitrogens is 2. The molecule has 16 heavy (non-hydrogen) atoms. The number of imidazole rings is 1. The first-order chi connectivity index (χ1) is 7.68. The quantitative estimate of drug-likeness (QED) is 0.555. The average Bonchev–Trinajstić information content (AvgIpc) is 2.78. The summed E-state index contributed by atoms with van der Waals surface area (Å²) in [7, 11) is 0. The molecule has 1 N–H and O–H groups in total. The number of nitrogens with one attached hydrogen (secondary N) is 1. The standard InChI is InChI=1S/C8H10N4O4/c13-8(11-1-3-16-4-2-11)7-9-5-6(10-7)12(14)15/h5H,1-4H2,(H,9,10). The second kappa shape index (κ2) is 4.27. The van der Waals surface area contributed by atoms with E-state index in [1.165, 1.54) is 0 Å². The second-order valence-corrected chi connectivity index (χ2v) is 3.28. The van der Waals surface area contributed by atoms with Gasteiger partial charge in [0.2, 0.25) is 0 Å². The van der Waals surface area contributed by atoms with Gasteiger partial charge in [0.05, 0.1) is 13.2 Å². The summed E-state index contributed by atoms with van der Waals surface area (Å²) in [6, 6.07) is 0. The summed E-state index contributed by atoms with van der Waals surface area (Å²) in [5, 5.41) is 10.4. The smallest absolute Gasteiger partial charge is 0.341 e. The highest BCUT2D eigenvalue weighted by molar-refractivity contribution is 5.90. The van der Waals surface area contributed by atoms with E-state index >= 15 is 0 Å². The van der Waals surface area contributed by atoms with Crippen LogP contribution in [-0.4, -0.2) is 52.0 Å². The van der Waals surface area contributed by atoms with Crippen LogP contribution in [0.2, 0.25) is 0 Å². The highest BCUT2D eigenvalue weighted by Gasteiger charge is 2.24. The highest BCUT2D eigenvalue weighted by atomic mass is 16.6. The van der Waals surface area contributed by atoms with E-state index in [-0.39, 0.29) is 17.5 Å². The van der Waals surface area contributed by atoms with Gasteiger partial charge in [-0.1, -0.05) is 0 Å². The van der Waals surface area contributed by atoms with Crippen LogP contribution >= 0.6 is 0 Å². The Balaban J connectivity index is 2.10. The van der Waals surface area contributed by atoms with E-state index in [1.54, 1.807) is 4.90 Å². The third-order valence-corrected chi connectivity index (χ3v) is 2.26. The first kappa shape index (κ1) is 10.6. The molecule has 1 aliphatic heterocycles. The van der Waals surface area contributed by atoms with Crippen LogP contribution < -0.4 is 0 Å². The van der Waals surface area contributed by atoms with E-state index in [4.69, 9.17) is 4.74 Å². The first-order valence-corrected chi connectivity index (χ1v) is 4.75. The molecule has 0 bridgehead atoms. The van der Waals surface area contributed by atoms with Gasteiger partial charge in [0.1, 0.15) is 6.20 Å². The van der Waals surface area contributed by atoms with Crippen molar-refractivity contribution in [1.29, 1.82) is 0 Å². The number of aromatic amines is 1. The Bertz CT molecular complexity index is 410. The third-order valence-electron chi connectivity index (χ3n) is 2.26. The molecule has 1 fully saturated rings. The molecule has 1 aromatic rings. The summed E-state index contributed by atoms with van der Waals surface area (Å²) < 4.78 is 5.10. The summed E-state index contributed by atoms with van der Waals surface area (Å²) in [6.45, 7) is 1.92. The maximum Gasteiger partial charge on any atom is 0.341 e. The fourth-order valence-corrected chi connectivity index (χ4v) is 1.43. The van der Waals surface area contributed by atoms with Gasteiger partial charge in [-0.05, 0) is 4.92 Å². The predicted octanol–water partition coefficient (Wildman–Crippen LogP) is -0.210. The van der Waals surface area contributed by atoms with Gasteiger partial charge in [0.15, 0.2) is 0 Å². The number of H-pyrrole nitrogens is 1. The number of carbonyl (C=O) groups excluding carboxylic acids is 1. The first-order valence-electron chi connectivity index (χ1n) is 4.75. The minimum atomic E-state index is -0.622. The Kier molecular flexibility index (Phi) is 2.82. The lowest BCUT2D eigenvalue weighted by Gasteiger charge is -2.25. The summed E-state index contributed by atoms with van der Waals surface area (Å²) >= 11 is 0. The lowest BCUT2D eigenvalue weighted by atomic mass is 10.4. The number of morpholine rings is 1. The monoisotopic (exact) mass is 226 g/mol. The van der Waals surface area contributed by atoms with Crippen molar-refractivity contribution in [3.8, 4) is 0 Å². The SMILES string of the molecule is O=C(c1ncc([N+](=O)[O-])[nH]1)N1CCOCC1. The number of nitrogens with zero attached hydrogens (tertiary/aromatic N) is 3. The van der Waals surface area contributed by atoms with E-state index < -0.39 is 4.92 Å². The van der Waals surface area contributed by atoms with E-state index in [1.807, 2.05) is 0 Å². The topological polar surface area (TPSA) is 101 Å². The van der Waals surface area contributed by atoms with Gasteiger partial charge in [-0.15, -0.1) is 0 Å². The van der Waals surface area contributed by atoms with Crippen LogP contribution in [0.1, 0.15) is 10.6 Å². The lowest BCUT2D eigenvalue weighted by molar-refractivity contribution is -0.389. The molecule has 86 valence electrons. The maximum atomic E-state index is 11.8. The van der Waals surface area contributed by atoms with Crippen molar-refractivity contribution in [2.45, 2.75) is 0 Å². The van der Waals surface area contributed by atoms with Crippen LogP contribution in [-0.2, 0) is 4.74 Å². The van der Waals surface area contributed by atoms with Crippen molar-refractivity contribution < 1.29 is 14.5 Å². The molecule has 0 aromatic carbocycles. The largest absolute Gasteiger partial charge is 0.378 e. The molecule has 0 aliphatic carbocycles. The molecule has 1 amide bonds. The van der Waals surface area contributed by atoms with Crippen LogP contribution in [0.3, 0.4) is 0 Å². The fraction of sp³-hybridized carbons (Fsp3) is 0.500. The zero-order chi connectivity index (χ0) is 11.5. The van der Waals surface area contributed by atoms with Gasteiger partial charge in [0, 0.05) is 13.1 Å². The normalized spacial score (nSPS) is 16.1. The fourth-order valence-electron chi connectivity index (χ4n) is 1.43. The van der Waals surface area contributed by atoms with Crippen molar-refractivity contribution in [1.82, 2.24) is 14.9 Å². The Morgan fingerprint density at radius 1 is 1.56 bits per heavy atom. The van der Waals surface area contributed by atoms with Crippen LogP contribution in [0.4, 0.5) is 5.82 Å². The summed E-state index contributed by atoms with van der Waals surface area (Å²) in [5.74, 6) is -0.624. The van der Waals surface area contributed by atoms with Crippen LogP contribution in [0, 0.1) is 10.1 Å². The van der Waals surface area contributed by atoms with Gasteiger partial charge in [-0.3, -0.25) is 4.79 Å². The number of hydrogen-bond acceptors (Lipinski definition) is 5. The molecule has 0 atom stereocenters. The van der Waals surface area contributed by atoms with Gasteiger partial charge in [0.25, 0.3) is 5.82 Å². The molecule has 0 unspecified atom stereocenters. The zero-order valence-corrected chi connectivity index (χ0v) is 8.38. The molecule has 1 saturated heterocycles. The van der Waals surface area contributed by atoms with E-state index in [2.05, 4.69) is 9.97 Å². The maximum absolute atomic E-state index is 11.8. The zero-order valence-electron chi connectivity index (χ0n) is 8.38. The number of amides is 1. The van der Waals surface area contributed by atoms with Crippen LogP contribution in [0.25, 0.3) is 0 Å². The molecule has 2 heterocycles. The Morgan fingerprint density at radius 2 is 2.25 bits per heavy atom. The molecular formula is C8H10N4O4. The molecule has 2 rings (SSSR count). The van der Waals surface area contributed by atoms with E-state index in [0.29, 0.717) is 26.3 Å². The van der Waals surface area contributed by atoms with Crippen LogP contribution in [0.15, 0.2) is 6.20 Å². The Morgan fingerprint density at radius 3 is 2.81 bits per heavy atom. The van der Waals surface area contributed by atoms with E-state index in [9.17, 15) is 14.9 Å². The predicted molar refractivity (Wildman–Crippen MR) is 52.0 cm³/mol. The number of nitro groups is 1. The molecule has 8 heteroatoms. The second-order valence-electron chi connectivity index (χ2n) is 3.28.